The largest absolute Gasteiger partial charge is 0.385 e. The van der Waals surface area contributed by atoms with Gasteiger partial charge in [0.25, 0.3) is 0 Å². The third-order valence-corrected chi connectivity index (χ3v) is 2.26. The van der Waals surface area contributed by atoms with E-state index in [9.17, 15) is 0 Å². The molecule has 1 atom stereocenters. The molecule has 5 nitrogen and oxygen atoms in total. The van der Waals surface area contributed by atoms with Crippen LogP contribution >= 0.6 is 0 Å². The Morgan fingerprint density at radius 3 is 2.81 bits per heavy atom. The van der Waals surface area contributed by atoms with Crippen LogP contribution in [0.15, 0.2) is 4.52 Å². The molecule has 1 aromatic heterocycles. The van der Waals surface area contributed by atoms with E-state index in [2.05, 4.69) is 24.0 Å². The van der Waals surface area contributed by atoms with Crippen molar-refractivity contribution in [3.63, 3.8) is 0 Å². The summed E-state index contributed by atoms with van der Waals surface area (Å²) in [4.78, 5) is 4.29. The Hall–Kier alpha value is -0.940. The van der Waals surface area contributed by atoms with E-state index in [0.717, 1.165) is 25.1 Å². The van der Waals surface area contributed by atoms with Crippen molar-refractivity contribution in [2.75, 3.05) is 13.7 Å². The molecule has 1 heterocycles. The van der Waals surface area contributed by atoms with Gasteiger partial charge in [0.05, 0.1) is 6.04 Å². The maximum Gasteiger partial charge on any atom is 0.243 e. The van der Waals surface area contributed by atoms with Crippen LogP contribution in [-0.2, 0) is 11.2 Å². The number of nitrogens with two attached hydrogens (primary N) is 1. The van der Waals surface area contributed by atoms with Crippen molar-refractivity contribution in [3.8, 4) is 0 Å². The van der Waals surface area contributed by atoms with Gasteiger partial charge in [0, 0.05) is 20.1 Å². The molecule has 0 aliphatic rings. The quantitative estimate of drug-likeness (QED) is 0.717. The lowest BCUT2D eigenvalue weighted by molar-refractivity contribution is 0.188. The molecule has 0 bridgehead atoms. The van der Waals surface area contributed by atoms with Crippen LogP contribution in [0, 0.1) is 5.92 Å². The molecule has 0 saturated heterocycles. The first-order chi connectivity index (χ1) is 7.63. The first-order valence-corrected chi connectivity index (χ1v) is 5.70. The smallest absolute Gasteiger partial charge is 0.243 e. The van der Waals surface area contributed by atoms with Crippen LogP contribution in [-0.4, -0.2) is 23.9 Å². The monoisotopic (exact) mass is 227 g/mol. The van der Waals surface area contributed by atoms with E-state index in [4.69, 9.17) is 15.0 Å². The summed E-state index contributed by atoms with van der Waals surface area (Å²) in [6.45, 7) is 4.95. The lowest BCUT2D eigenvalue weighted by Gasteiger charge is -2.05. The van der Waals surface area contributed by atoms with Crippen molar-refractivity contribution in [3.05, 3.63) is 11.7 Å². The van der Waals surface area contributed by atoms with Crippen LogP contribution in [0.4, 0.5) is 0 Å². The number of hydrogen-bond acceptors (Lipinski definition) is 5. The predicted molar refractivity (Wildman–Crippen MR) is 60.9 cm³/mol. The third kappa shape index (κ3) is 4.28. The molecule has 2 N–H and O–H groups in total. The second-order valence-electron chi connectivity index (χ2n) is 4.39. The fourth-order valence-corrected chi connectivity index (χ4v) is 1.44. The summed E-state index contributed by atoms with van der Waals surface area (Å²) in [6.07, 6.45) is 2.53. The summed E-state index contributed by atoms with van der Waals surface area (Å²) in [5.41, 5.74) is 5.93. The molecule has 1 unspecified atom stereocenters. The molecule has 0 aliphatic carbocycles. The van der Waals surface area contributed by atoms with Crippen LogP contribution in [0.25, 0.3) is 0 Å². The molecule has 92 valence electrons. The van der Waals surface area contributed by atoms with E-state index in [1.165, 1.54) is 0 Å². The standard InChI is InChI=1S/C11H21N3O2/c1-8(2)7-10-13-11(16-14-10)9(12)5-4-6-15-3/h8-9H,4-7,12H2,1-3H3. The maximum absolute atomic E-state index is 5.93. The highest BCUT2D eigenvalue weighted by atomic mass is 16.5. The maximum atomic E-state index is 5.93. The van der Waals surface area contributed by atoms with E-state index in [-0.39, 0.29) is 6.04 Å². The minimum atomic E-state index is -0.177. The van der Waals surface area contributed by atoms with Gasteiger partial charge in [-0.3, -0.25) is 0 Å². The van der Waals surface area contributed by atoms with Crippen LogP contribution < -0.4 is 5.73 Å². The molecule has 0 amide bonds. The number of ether oxygens (including phenoxy) is 1. The van der Waals surface area contributed by atoms with Crippen molar-refractivity contribution < 1.29 is 9.26 Å². The Labute approximate surface area is 96.4 Å². The molecule has 1 aromatic rings. The van der Waals surface area contributed by atoms with Crippen molar-refractivity contribution in [2.45, 2.75) is 39.2 Å². The van der Waals surface area contributed by atoms with Gasteiger partial charge in [0.1, 0.15) is 0 Å². The summed E-state index contributed by atoms with van der Waals surface area (Å²) >= 11 is 0. The SMILES string of the molecule is COCCCC(N)c1nc(CC(C)C)no1. The summed E-state index contributed by atoms with van der Waals surface area (Å²) in [5, 5.41) is 3.91. The van der Waals surface area contributed by atoms with E-state index in [1.54, 1.807) is 7.11 Å². The fourth-order valence-electron chi connectivity index (χ4n) is 1.44. The minimum absolute atomic E-state index is 0.177. The highest BCUT2D eigenvalue weighted by Gasteiger charge is 2.14. The van der Waals surface area contributed by atoms with Gasteiger partial charge in [-0.15, -0.1) is 0 Å². The van der Waals surface area contributed by atoms with Gasteiger partial charge in [-0.1, -0.05) is 19.0 Å². The Morgan fingerprint density at radius 1 is 1.44 bits per heavy atom. The molecule has 1 rings (SSSR count). The number of nitrogens with zero attached hydrogens (tertiary/aromatic N) is 2. The Kier molecular flexibility index (Phi) is 5.42. The Balaban J connectivity index is 2.43. The lowest BCUT2D eigenvalue weighted by atomic mass is 10.1. The van der Waals surface area contributed by atoms with E-state index >= 15 is 0 Å². The van der Waals surface area contributed by atoms with Crippen molar-refractivity contribution >= 4 is 0 Å². The molecule has 0 saturated carbocycles. The van der Waals surface area contributed by atoms with Crippen LogP contribution in [0.2, 0.25) is 0 Å². The molecule has 0 radical (unpaired) electrons. The molecule has 0 aliphatic heterocycles. The zero-order valence-corrected chi connectivity index (χ0v) is 10.3. The van der Waals surface area contributed by atoms with Gasteiger partial charge in [-0.05, 0) is 18.8 Å². The highest BCUT2D eigenvalue weighted by Crippen LogP contribution is 2.14. The van der Waals surface area contributed by atoms with Crippen molar-refractivity contribution in [1.29, 1.82) is 0 Å². The van der Waals surface area contributed by atoms with Gasteiger partial charge in [-0.2, -0.15) is 4.98 Å². The van der Waals surface area contributed by atoms with E-state index in [0.29, 0.717) is 18.4 Å². The number of aromatic nitrogens is 2. The normalized spacial score (nSPS) is 13.3. The first-order valence-electron chi connectivity index (χ1n) is 5.70. The molecule has 0 spiro atoms. The first kappa shape index (κ1) is 13.1. The summed E-state index contributed by atoms with van der Waals surface area (Å²) in [5.74, 6) is 1.80. The van der Waals surface area contributed by atoms with Gasteiger partial charge in [-0.25, -0.2) is 0 Å². The zero-order valence-electron chi connectivity index (χ0n) is 10.3. The highest BCUT2D eigenvalue weighted by molar-refractivity contribution is 4.92. The average molecular weight is 227 g/mol. The fraction of sp³-hybridized carbons (Fsp3) is 0.818. The van der Waals surface area contributed by atoms with Gasteiger partial charge in [0.15, 0.2) is 5.82 Å². The van der Waals surface area contributed by atoms with Crippen LogP contribution in [0.5, 0.6) is 0 Å². The van der Waals surface area contributed by atoms with E-state index in [1.807, 2.05) is 0 Å². The third-order valence-electron chi connectivity index (χ3n) is 2.26. The molecule has 16 heavy (non-hydrogen) atoms. The summed E-state index contributed by atoms with van der Waals surface area (Å²) in [7, 11) is 1.68. The lowest BCUT2D eigenvalue weighted by Crippen LogP contribution is -2.11. The number of rotatable bonds is 7. The van der Waals surface area contributed by atoms with Gasteiger partial charge in [0.2, 0.25) is 5.89 Å². The summed E-state index contributed by atoms with van der Waals surface area (Å²) < 4.78 is 10.1. The predicted octanol–water partition coefficient (Wildman–Crippen LogP) is 1.69. The molecule has 5 heteroatoms. The Bertz CT molecular complexity index is 299. The van der Waals surface area contributed by atoms with Crippen LogP contribution in [0.1, 0.15) is 44.4 Å². The van der Waals surface area contributed by atoms with Gasteiger partial charge < -0.3 is 15.0 Å². The van der Waals surface area contributed by atoms with Crippen molar-refractivity contribution in [1.82, 2.24) is 10.1 Å². The zero-order chi connectivity index (χ0) is 12.0. The van der Waals surface area contributed by atoms with Gasteiger partial charge >= 0.3 is 0 Å². The second kappa shape index (κ2) is 6.60. The molecule has 0 aromatic carbocycles. The molecule has 0 fully saturated rings. The number of hydrogen-bond donors (Lipinski definition) is 1. The topological polar surface area (TPSA) is 74.2 Å². The number of methoxy groups -OCH3 is 1. The van der Waals surface area contributed by atoms with Crippen molar-refractivity contribution in [2.24, 2.45) is 11.7 Å². The summed E-state index contributed by atoms with van der Waals surface area (Å²) in [6, 6.07) is -0.177. The minimum Gasteiger partial charge on any atom is -0.385 e. The van der Waals surface area contributed by atoms with Crippen LogP contribution in [0.3, 0.4) is 0 Å². The second-order valence-corrected chi connectivity index (χ2v) is 4.39. The molecular weight excluding hydrogens is 206 g/mol. The average Bonchev–Trinajstić information content (AvgIpc) is 2.65. The van der Waals surface area contributed by atoms with E-state index < -0.39 is 0 Å². The molecular formula is C11H21N3O2. The Morgan fingerprint density at radius 2 is 2.19 bits per heavy atom.